The second-order valence-electron chi connectivity index (χ2n) is 5.89. The van der Waals surface area contributed by atoms with E-state index in [1.807, 2.05) is 0 Å². The first-order chi connectivity index (χ1) is 8.11. The minimum Gasteiger partial charge on any atom is -0.381 e. The van der Waals surface area contributed by atoms with Gasteiger partial charge in [0.15, 0.2) is 0 Å². The van der Waals surface area contributed by atoms with Gasteiger partial charge in [-0.25, -0.2) is 0 Å². The highest BCUT2D eigenvalue weighted by Gasteiger charge is 2.40. The van der Waals surface area contributed by atoms with Crippen LogP contribution in [0.1, 0.15) is 46.0 Å². The molecule has 2 rings (SSSR count). The predicted molar refractivity (Wildman–Crippen MR) is 73.6 cm³/mol. The summed E-state index contributed by atoms with van der Waals surface area (Å²) in [7, 11) is 0. The lowest BCUT2D eigenvalue weighted by atomic mass is 9.75. The van der Waals surface area contributed by atoms with Crippen molar-refractivity contribution in [3.05, 3.63) is 0 Å². The molecule has 2 heterocycles. The van der Waals surface area contributed by atoms with Crippen LogP contribution in [-0.2, 0) is 9.47 Å². The topological polar surface area (TPSA) is 18.5 Å². The van der Waals surface area contributed by atoms with Gasteiger partial charge < -0.3 is 9.47 Å². The van der Waals surface area contributed by atoms with Crippen molar-refractivity contribution in [1.82, 2.24) is 0 Å². The van der Waals surface area contributed by atoms with Crippen LogP contribution in [-0.4, -0.2) is 30.2 Å². The average molecular weight is 305 g/mol. The van der Waals surface area contributed by atoms with Gasteiger partial charge in [0.05, 0.1) is 5.60 Å². The van der Waals surface area contributed by atoms with Gasteiger partial charge >= 0.3 is 0 Å². The lowest BCUT2D eigenvalue weighted by Crippen LogP contribution is -2.45. The molecule has 0 aromatic rings. The van der Waals surface area contributed by atoms with Crippen LogP contribution in [0.2, 0.25) is 0 Å². The van der Waals surface area contributed by atoms with Crippen LogP contribution in [0.3, 0.4) is 0 Å². The van der Waals surface area contributed by atoms with Crippen molar-refractivity contribution in [3.63, 3.8) is 0 Å². The van der Waals surface area contributed by atoms with E-state index in [1.54, 1.807) is 0 Å². The Balaban J connectivity index is 1.91. The molecule has 3 atom stereocenters. The van der Waals surface area contributed by atoms with Gasteiger partial charge in [-0.3, -0.25) is 0 Å². The van der Waals surface area contributed by atoms with Crippen molar-refractivity contribution in [1.29, 1.82) is 0 Å². The van der Waals surface area contributed by atoms with E-state index >= 15 is 0 Å². The fourth-order valence-corrected chi connectivity index (χ4v) is 3.94. The molecule has 0 radical (unpaired) electrons. The smallest absolute Gasteiger partial charge is 0.0729 e. The quantitative estimate of drug-likeness (QED) is 0.739. The maximum atomic E-state index is 6.10. The highest BCUT2D eigenvalue weighted by molar-refractivity contribution is 9.09. The molecule has 3 heteroatoms. The van der Waals surface area contributed by atoms with E-state index in [0.717, 1.165) is 44.5 Å². The van der Waals surface area contributed by atoms with Crippen molar-refractivity contribution in [2.75, 3.05) is 19.8 Å². The Kier molecular flexibility index (Phi) is 4.90. The second-order valence-corrected chi connectivity index (χ2v) is 7.45. The summed E-state index contributed by atoms with van der Waals surface area (Å²) >= 11 is 3.68. The molecule has 100 valence electrons. The van der Waals surface area contributed by atoms with Gasteiger partial charge in [0.2, 0.25) is 0 Å². The van der Waals surface area contributed by atoms with Crippen molar-refractivity contribution in [2.45, 2.75) is 56.4 Å². The van der Waals surface area contributed by atoms with Crippen LogP contribution in [0.5, 0.6) is 0 Å². The molecule has 2 aliphatic heterocycles. The lowest BCUT2D eigenvalue weighted by molar-refractivity contribution is -0.152. The number of rotatable bonds is 3. The SMILES string of the molecule is CC(Br)CC(C)C1CCOC2(CCOCC2)C1. The molecule has 2 aliphatic rings. The molecule has 17 heavy (non-hydrogen) atoms. The molecule has 0 aliphatic carbocycles. The lowest BCUT2D eigenvalue weighted by Gasteiger charge is -2.45. The number of hydrogen-bond acceptors (Lipinski definition) is 2. The highest BCUT2D eigenvalue weighted by atomic mass is 79.9. The van der Waals surface area contributed by atoms with E-state index in [4.69, 9.17) is 9.47 Å². The molecular weight excluding hydrogens is 280 g/mol. The summed E-state index contributed by atoms with van der Waals surface area (Å²) in [6.07, 6.45) is 5.96. The van der Waals surface area contributed by atoms with Gasteiger partial charge in [-0.1, -0.05) is 29.8 Å². The van der Waals surface area contributed by atoms with Gasteiger partial charge in [0.1, 0.15) is 0 Å². The molecule has 0 aromatic carbocycles. The third-order valence-corrected chi connectivity index (χ3v) is 4.81. The molecule has 2 saturated heterocycles. The number of halogens is 1. The normalized spacial score (nSPS) is 32.3. The maximum absolute atomic E-state index is 6.10. The van der Waals surface area contributed by atoms with Gasteiger partial charge in [-0.15, -0.1) is 0 Å². The molecule has 3 unspecified atom stereocenters. The zero-order chi connectivity index (χ0) is 12.3. The Morgan fingerprint density at radius 1 is 1.24 bits per heavy atom. The highest BCUT2D eigenvalue weighted by Crippen LogP contribution is 2.40. The summed E-state index contributed by atoms with van der Waals surface area (Å²) in [6.45, 7) is 7.37. The molecule has 2 nitrogen and oxygen atoms in total. The zero-order valence-corrected chi connectivity index (χ0v) is 12.7. The van der Waals surface area contributed by atoms with Gasteiger partial charge in [-0.05, 0) is 43.9 Å². The van der Waals surface area contributed by atoms with E-state index in [0.29, 0.717) is 4.83 Å². The molecule has 0 saturated carbocycles. The summed E-state index contributed by atoms with van der Waals surface area (Å²) in [5.74, 6) is 1.63. The molecule has 1 spiro atoms. The van der Waals surface area contributed by atoms with E-state index in [1.165, 1.54) is 19.3 Å². The standard InChI is InChI=1S/C14H25BrO2/c1-11(9-12(2)15)13-3-6-17-14(10-13)4-7-16-8-5-14/h11-13H,3-10H2,1-2H3. The Bertz CT molecular complexity index is 231. The van der Waals surface area contributed by atoms with Crippen molar-refractivity contribution in [2.24, 2.45) is 11.8 Å². The average Bonchev–Trinajstić information content (AvgIpc) is 2.29. The summed E-state index contributed by atoms with van der Waals surface area (Å²) in [6, 6.07) is 0. The summed E-state index contributed by atoms with van der Waals surface area (Å²) in [5.41, 5.74) is 0.158. The third kappa shape index (κ3) is 3.68. The van der Waals surface area contributed by atoms with Crippen LogP contribution < -0.4 is 0 Å². The molecule has 2 fully saturated rings. The van der Waals surface area contributed by atoms with E-state index < -0.39 is 0 Å². The largest absolute Gasteiger partial charge is 0.381 e. The van der Waals surface area contributed by atoms with Gasteiger partial charge in [0, 0.05) is 24.6 Å². The van der Waals surface area contributed by atoms with Crippen LogP contribution in [0.4, 0.5) is 0 Å². The second kappa shape index (κ2) is 6.03. The minimum absolute atomic E-state index is 0.158. The van der Waals surface area contributed by atoms with E-state index in [-0.39, 0.29) is 5.60 Å². The van der Waals surface area contributed by atoms with Crippen LogP contribution in [0.25, 0.3) is 0 Å². The molecule has 0 aromatic heterocycles. The number of hydrogen-bond donors (Lipinski definition) is 0. The first-order valence-electron chi connectivity index (χ1n) is 6.97. The predicted octanol–water partition coefficient (Wildman–Crippen LogP) is 3.77. The molecular formula is C14H25BrO2. The monoisotopic (exact) mass is 304 g/mol. The van der Waals surface area contributed by atoms with E-state index in [9.17, 15) is 0 Å². The third-order valence-electron chi connectivity index (χ3n) is 4.44. The van der Waals surface area contributed by atoms with Gasteiger partial charge in [0.25, 0.3) is 0 Å². The first kappa shape index (κ1) is 13.8. The van der Waals surface area contributed by atoms with Crippen LogP contribution >= 0.6 is 15.9 Å². The maximum Gasteiger partial charge on any atom is 0.0729 e. The summed E-state index contributed by atoms with van der Waals surface area (Å²) < 4.78 is 11.6. The Morgan fingerprint density at radius 3 is 2.59 bits per heavy atom. The Morgan fingerprint density at radius 2 is 1.94 bits per heavy atom. The molecule has 0 N–H and O–H groups in total. The van der Waals surface area contributed by atoms with Crippen LogP contribution in [0.15, 0.2) is 0 Å². The zero-order valence-electron chi connectivity index (χ0n) is 11.1. The Hall–Kier alpha value is 0.400. The van der Waals surface area contributed by atoms with Crippen molar-refractivity contribution >= 4 is 15.9 Å². The fourth-order valence-electron chi connectivity index (χ4n) is 3.35. The van der Waals surface area contributed by atoms with Crippen molar-refractivity contribution < 1.29 is 9.47 Å². The van der Waals surface area contributed by atoms with Gasteiger partial charge in [-0.2, -0.15) is 0 Å². The number of alkyl halides is 1. The summed E-state index contributed by atoms with van der Waals surface area (Å²) in [4.78, 5) is 0.631. The number of ether oxygens (including phenoxy) is 2. The summed E-state index contributed by atoms with van der Waals surface area (Å²) in [5, 5.41) is 0. The first-order valence-corrected chi connectivity index (χ1v) is 7.89. The van der Waals surface area contributed by atoms with Crippen LogP contribution in [0, 0.1) is 11.8 Å². The molecule has 0 bridgehead atoms. The Labute approximate surface area is 114 Å². The molecule has 0 amide bonds. The fraction of sp³-hybridized carbons (Fsp3) is 1.00. The minimum atomic E-state index is 0.158. The van der Waals surface area contributed by atoms with Crippen molar-refractivity contribution in [3.8, 4) is 0 Å². The van der Waals surface area contributed by atoms with E-state index in [2.05, 4.69) is 29.8 Å².